The topological polar surface area (TPSA) is 88.4 Å². The number of carbonyl (C=O) groups excluding carboxylic acids is 2. The number of fused-ring (bicyclic) bond motifs is 1. The van der Waals surface area contributed by atoms with Crippen LogP contribution in [0.15, 0.2) is 85.1 Å². The van der Waals surface area contributed by atoms with Crippen molar-refractivity contribution >= 4 is 17.5 Å². The van der Waals surface area contributed by atoms with Crippen LogP contribution in [0.5, 0.6) is 0 Å². The lowest BCUT2D eigenvalue weighted by Crippen LogP contribution is -2.48. The van der Waals surface area contributed by atoms with Gasteiger partial charge in [0, 0.05) is 18.2 Å². The number of benzene rings is 2. The SMILES string of the molecule is O=C(N[C@@H](Cc1ccccc1)C(=O)NCc1nnc2ccccn12)c1ccccc1. The van der Waals surface area contributed by atoms with Gasteiger partial charge >= 0.3 is 0 Å². The summed E-state index contributed by atoms with van der Waals surface area (Å²) >= 11 is 0. The molecule has 150 valence electrons. The van der Waals surface area contributed by atoms with Gasteiger partial charge in [-0.05, 0) is 29.8 Å². The first-order valence-corrected chi connectivity index (χ1v) is 9.67. The highest BCUT2D eigenvalue weighted by Gasteiger charge is 2.22. The van der Waals surface area contributed by atoms with Crippen LogP contribution in [0, 0.1) is 0 Å². The molecular weight excluding hydrogens is 378 g/mol. The summed E-state index contributed by atoms with van der Waals surface area (Å²) in [5.74, 6) is 0.0437. The molecule has 0 fully saturated rings. The van der Waals surface area contributed by atoms with Crippen molar-refractivity contribution in [2.75, 3.05) is 0 Å². The van der Waals surface area contributed by atoms with E-state index in [1.807, 2.05) is 65.2 Å². The Kier molecular flexibility index (Phi) is 5.80. The summed E-state index contributed by atoms with van der Waals surface area (Å²) in [5.41, 5.74) is 2.17. The zero-order chi connectivity index (χ0) is 20.8. The van der Waals surface area contributed by atoms with Crippen LogP contribution in [0.2, 0.25) is 0 Å². The number of nitrogens with zero attached hydrogens (tertiary/aromatic N) is 3. The highest BCUT2D eigenvalue weighted by atomic mass is 16.2. The van der Waals surface area contributed by atoms with Gasteiger partial charge in [-0.15, -0.1) is 10.2 Å². The Labute approximate surface area is 173 Å². The van der Waals surface area contributed by atoms with Crippen molar-refractivity contribution in [2.24, 2.45) is 0 Å². The molecule has 0 saturated heterocycles. The quantitative estimate of drug-likeness (QED) is 0.499. The molecule has 0 aliphatic rings. The van der Waals surface area contributed by atoms with Crippen LogP contribution in [0.1, 0.15) is 21.7 Å². The Balaban J connectivity index is 1.49. The summed E-state index contributed by atoms with van der Waals surface area (Å²) in [4.78, 5) is 25.6. The number of pyridine rings is 1. The smallest absolute Gasteiger partial charge is 0.251 e. The number of amides is 2. The Bertz CT molecular complexity index is 1140. The molecule has 0 saturated carbocycles. The zero-order valence-electron chi connectivity index (χ0n) is 16.2. The third kappa shape index (κ3) is 4.52. The van der Waals surface area contributed by atoms with E-state index in [1.54, 1.807) is 24.3 Å². The van der Waals surface area contributed by atoms with E-state index >= 15 is 0 Å². The van der Waals surface area contributed by atoms with E-state index < -0.39 is 6.04 Å². The zero-order valence-corrected chi connectivity index (χ0v) is 16.2. The van der Waals surface area contributed by atoms with Gasteiger partial charge in [-0.25, -0.2) is 0 Å². The third-order valence-electron chi connectivity index (χ3n) is 4.75. The predicted molar refractivity (Wildman–Crippen MR) is 113 cm³/mol. The van der Waals surface area contributed by atoms with Crippen LogP contribution in [0.25, 0.3) is 5.65 Å². The molecule has 7 heteroatoms. The maximum Gasteiger partial charge on any atom is 0.251 e. The maximum absolute atomic E-state index is 13.0. The molecule has 0 spiro atoms. The second-order valence-electron chi connectivity index (χ2n) is 6.84. The molecule has 1 atom stereocenters. The first kappa shape index (κ1) is 19.3. The lowest BCUT2D eigenvalue weighted by atomic mass is 10.0. The summed E-state index contributed by atoms with van der Waals surface area (Å²) in [6, 6.07) is 23.3. The molecule has 0 unspecified atom stereocenters. The van der Waals surface area contributed by atoms with Crippen LogP contribution in [0.4, 0.5) is 0 Å². The highest BCUT2D eigenvalue weighted by molar-refractivity contribution is 5.97. The third-order valence-corrected chi connectivity index (χ3v) is 4.75. The van der Waals surface area contributed by atoms with Gasteiger partial charge in [0.1, 0.15) is 6.04 Å². The summed E-state index contributed by atoms with van der Waals surface area (Å²) in [6.07, 6.45) is 2.22. The molecule has 2 heterocycles. The van der Waals surface area contributed by atoms with Gasteiger partial charge in [0.25, 0.3) is 5.91 Å². The molecule has 0 bridgehead atoms. The summed E-state index contributed by atoms with van der Waals surface area (Å²) in [7, 11) is 0. The van der Waals surface area contributed by atoms with Crippen molar-refractivity contribution in [3.8, 4) is 0 Å². The van der Waals surface area contributed by atoms with E-state index in [9.17, 15) is 9.59 Å². The lowest BCUT2D eigenvalue weighted by molar-refractivity contribution is -0.123. The van der Waals surface area contributed by atoms with E-state index in [0.29, 0.717) is 23.5 Å². The molecule has 2 aromatic carbocycles. The number of aromatic nitrogens is 3. The first-order valence-electron chi connectivity index (χ1n) is 9.67. The van der Waals surface area contributed by atoms with Crippen LogP contribution in [-0.4, -0.2) is 32.5 Å². The second kappa shape index (κ2) is 9.00. The largest absolute Gasteiger partial charge is 0.347 e. The van der Waals surface area contributed by atoms with Crippen LogP contribution < -0.4 is 10.6 Å². The summed E-state index contributed by atoms with van der Waals surface area (Å²) < 4.78 is 1.81. The standard InChI is InChI=1S/C23H21N5O2/c29-22(18-11-5-2-6-12-18)25-19(15-17-9-3-1-4-10-17)23(30)24-16-21-27-26-20-13-7-8-14-28(20)21/h1-14,19H,15-16H2,(H,24,30)(H,25,29)/t19-/m0/s1. The van der Waals surface area contributed by atoms with Crippen LogP contribution in [0.3, 0.4) is 0 Å². The van der Waals surface area contributed by atoms with Gasteiger partial charge in [0.2, 0.25) is 5.91 Å². The van der Waals surface area contributed by atoms with E-state index in [4.69, 9.17) is 0 Å². The van der Waals surface area contributed by atoms with Crippen molar-refractivity contribution in [1.29, 1.82) is 0 Å². The van der Waals surface area contributed by atoms with E-state index in [2.05, 4.69) is 20.8 Å². The van der Waals surface area contributed by atoms with Gasteiger partial charge in [-0.1, -0.05) is 54.6 Å². The minimum atomic E-state index is -0.723. The fourth-order valence-corrected chi connectivity index (χ4v) is 3.19. The number of rotatable bonds is 7. The first-order chi connectivity index (χ1) is 14.7. The van der Waals surface area contributed by atoms with E-state index in [-0.39, 0.29) is 18.4 Å². The van der Waals surface area contributed by atoms with Gasteiger partial charge in [-0.3, -0.25) is 14.0 Å². The average Bonchev–Trinajstić information content (AvgIpc) is 3.21. The molecule has 2 aromatic heterocycles. The monoisotopic (exact) mass is 399 g/mol. The maximum atomic E-state index is 13.0. The molecular formula is C23H21N5O2. The fraction of sp³-hybridized carbons (Fsp3) is 0.130. The minimum absolute atomic E-state index is 0.205. The number of nitrogens with one attached hydrogen (secondary N) is 2. The number of carbonyl (C=O) groups is 2. The van der Waals surface area contributed by atoms with E-state index in [0.717, 1.165) is 5.56 Å². The molecule has 2 amide bonds. The van der Waals surface area contributed by atoms with Gasteiger partial charge in [-0.2, -0.15) is 0 Å². The summed E-state index contributed by atoms with van der Waals surface area (Å²) in [6.45, 7) is 0.205. The fourth-order valence-electron chi connectivity index (χ4n) is 3.19. The highest BCUT2D eigenvalue weighted by Crippen LogP contribution is 2.07. The van der Waals surface area contributed by atoms with Crippen molar-refractivity contribution in [3.05, 3.63) is 102 Å². The Hall–Kier alpha value is -4.00. The molecule has 0 aliphatic carbocycles. The minimum Gasteiger partial charge on any atom is -0.347 e. The number of hydrogen-bond donors (Lipinski definition) is 2. The Morgan fingerprint density at radius 2 is 1.57 bits per heavy atom. The van der Waals surface area contributed by atoms with Crippen LogP contribution in [-0.2, 0) is 17.8 Å². The van der Waals surface area contributed by atoms with Gasteiger partial charge in [0.05, 0.1) is 6.54 Å². The van der Waals surface area contributed by atoms with Crippen molar-refractivity contribution in [2.45, 2.75) is 19.0 Å². The number of hydrogen-bond acceptors (Lipinski definition) is 4. The summed E-state index contributed by atoms with van der Waals surface area (Å²) in [5, 5.41) is 14.0. The van der Waals surface area contributed by atoms with Crippen LogP contribution >= 0.6 is 0 Å². The van der Waals surface area contributed by atoms with Gasteiger partial charge in [0.15, 0.2) is 11.5 Å². The van der Waals surface area contributed by atoms with Crippen molar-refractivity contribution < 1.29 is 9.59 Å². The van der Waals surface area contributed by atoms with Gasteiger partial charge < -0.3 is 10.6 Å². The van der Waals surface area contributed by atoms with Crippen molar-refractivity contribution in [1.82, 2.24) is 25.2 Å². The second-order valence-corrected chi connectivity index (χ2v) is 6.84. The Morgan fingerprint density at radius 3 is 2.33 bits per heavy atom. The normalized spacial score (nSPS) is 11.7. The molecule has 4 rings (SSSR count). The molecule has 2 N–H and O–H groups in total. The lowest BCUT2D eigenvalue weighted by Gasteiger charge is -2.18. The molecule has 30 heavy (non-hydrogen) atoms. The molecule has 0 aliphatic heterocycles. The molecule has 0 radical (unpaired) electrons. The average molecular weight is 399 g/mol. The molecule has 4 aromatic rings. The molecule has 7 nitrogen and oxygen atoms in total. The Morgan fingerprint density at radius 1 is 0.867 bits per heavy atom. The predicted octanol–water partition coefficient (Wildman–Crippen LogP) is 2.39. The van der Waals surface area contributed by atoms with Crippen molar-refractivity contribution in [3.63, 3.8) is 0 Å². The van der Waals surface area contributed by atoms with E-state index in [1.165, 1.54) is 0 Å².